The van der Waals surface area contributed by atoms with E-state index >= 15 is 0 Å². The van der Waals surface area contributed by atoms with E-state index in [1.165, 1.54) is 37.7 Å². The first-order valence-corrected chi connectivity index (χ1v) is 8.59. The molecular formula is C19H31NO. The summed E-state index contributed by atoms with van der Waals surface area (Å²) in [6.45, 7) is 5.81. The lowest BCUT2D eigenvalue weighted by Crippen LogP contribution is -2.36. The van der Waals surface area contributed by atoms with Crippen LogP contribution in [0.1, 0.15) is 51.5 Å². The number of nitrogens with one attached hydrogen (secondary N) is 1. The fourth-order valence-corrected chi connectivity index (χ4v) is 3.57. The molecule has 2 heteroatoms. The molecule has 1 aliphatic carbocycles. The smallest absolute Gasteiger partial charge is 0.118 e. The topological polar surface area (TPSA) is 21.3 Å². The molecule has 1 aromatic carbocycles. The minimum Gasteiger partial charge on any atom is -0.497 e. The van der Waals surface area contributed by atoms with Crippen LogP contribution in [0.4, 0.5) is 0 Å². The normalized spacial score (nSPS) is 23.2. The average molecular weight is 289 g/mol. The van der Waals surface area contributed by atoms with Gasteiger partial charge in [0.05, 0.1) is 7.11 Å². The Hall–Kier alpha value is -1.02. The van der Waals surface area contributed by atoms with Crippen LogP contribution in [0.25, 0.3) is 0 Å². The van der Waals surface area contributed by atoms with Crippen molar-refractivity contribution in [1.29, 1.82) is 0 Å². The minimum atomic E-state index is 0.692. The third-order valence-electron chi connectivity index (χ3n) is 4.86. The molecular weight excluding hydrogens is 258 g/mol. The molecule has 0 aromatic heterocycles. The summed E-state index contributed by atoms with van der Waals surface area (Å²) in [6.07, 6.45) is 7.87. The average Bonchev–Trinajstić information content (AvgIpc) is 2.94. The minimum absolute atomic E-state index is 0.692. The summed E-state index contributed by atoms with van der Waals surface area (Å²) in [5.41, 5.74) is 1.42. The number of ether oxygens (including phenoxy) is 1. The van der Waals surface area contributed by atoms with Gasteiger partial charge in [0.1, 0.15) is 5.75 Å². The third kappa shape index (κ3) is 5.03. The SMILES string of the molecule is CCCNC(CCc1ccc(OC)cc1)C1CCC(C)C1. The molecule has 0 radical (unpaired) electrons. The van der Waals surface area contributed by atoms with Crippen molar-refractivity contribution in [2.75, 3.05) is 13.7 Å². The van der Waals surface area contributed by atoms with Crippen LogP contribution in [0.2, 0.25) is 0 Å². The van der Waals surface area contributed by atoms with Crippen LogP contribution < -0.4 is 10.1 Å². The van der Waals surface area contributed by atoms with E-state index in [2.05, 4.69) is 43.4 Å². The Kier molecular flexibility index (Phi) is 6.56. The van der Waals surface area contributed by atoms with Gasteiger partial charge in [0.2, 0.25) is 0 Å². The number of aryl methyl sites for hydroxylation is 1. The molecule has 1 saturated carbocycles. The summed E-state index contributed by atoms with van der Waals surface area (Å²) in [5, 5.41) is 3.80. The second-order valence-electron chi connectivity index (χ2n) is 6.63. The van der Waals surface area contributed by atoms with Crippen LogP contribution in [0.5, 0.6) is 5.75 Å². The fraction of sp³-hybridized carbons (Fsp3) is 0.684. The molecule has 0 amide bonds. The zero-order valence-corrected chi connectivity index (χ0v) is 13.9. The zero-order chi connectivity index (χ0) is 15.1. The first-order valence-electron chi connectivity index (χ1n) is 8.59. The second-order valence-corrected chi connectivity index (χ2v) is 6.63. The molecule has 0 spiro atoms. The molecule has 0 saturated heterocycles. The van der Waals surface area contributed by atoms with E-state index in [4.69, 9.17) is 4.74 Å². The molecule has 21 heavy (non-hydrogen) atoms. The summed E-state index contributed by atoms with van der Waals surface area (Å²) >= 11 is 0. The first-order chi connectivity index (χ1) is 10.2. The van der Waals surface area contributed by atoms with E-state index in [9.17, 15) is 0 Å². The maximum absolute atomic E-state index is 5.23. The van der Waals surface area contributed by atoms with Crippen molar-refractivity contribution in [2.45, 2.75) is 58.4 Å². The molecule has 0 aliphatic heterocycles. The van der Waals surface area contributed by atoms with E-state index < -0.39 is 0 Å². The third-order valence-corrected chi connectivity index (χ3v) is 4.86. The summed E-state index contributed by atoms with van der Waals surface area (Å²) in [6, 6.07) is 9.24. The lowest BCUT2D eigenvalue weighted by molar-refractivity contribution is 0.333. The standard InChI is InChI=1S/C19H31NO/c1-4-13-20-19(17-9-5-15(2)14-17)12-8-16-6-10-18(21-3)11-7-16/h6-7,10-11,15,17,19-20H,4-5,8-9,12-14H2,1-3H3. The van der Waals surface area contributed by atoms with Crippen molar-refractivity contribution < 1.29 is 4.74 Å². The number of benzene rings is 1. The number of hydrogen-bond acceptors (Lipinski definition) is 2. The van der Waals surface area contributed by atoms with Gasteiger partial charge in [-0.2, -0.15) is 0 Å². The van der Waals surface area contributed by atoms with Gasteiger partial charge in [0, 0.05) is 6.04 Å². The van der Waals surface area contributed by atoms with E-state index in [1.54, 1.807) is 7.11 Å². The van der Waals surface area contributed by atoms with Crippen molar-refractivity contribution >= 4 is 0 Å². The zero-order valence-electron chi connectivity index (χ0n) is 13.9. The van der Waals surface area contributed by atoms with E-state index in [0.29, 0.717) is 6.04 Å². The monoisotopic (exact) mass is 289 g/mol. The van der Waals surface area contributed by atoms with E-state index in [0.717, 1.165) is 30.6 Å². The van der Waals surface area contributed by atoms with Crippen molar-refractivity contribution in [2.24, 2.45) is 11.8 Å². The molecule has 0 heterocycles. The maximum atomic E-state index is 5.23. The van der Waals surface area contributed by atoms with E-state index in [-0.39, 0.29) is 0 Å². The number of methoxy groups -OCH3 is 1. The van der Waals surface area contributed by atoms with Crippen LogP contribution in [0.15, 0.2) is 24.3 Å². The van der Waals surface area contributed by atoms with Crippen LogP contribution in [0, 0.1) is 11.8 Å². The van der Waals surface area contributed by atoms with Crippen molar-refractivity contribution in [3.8, 4) is 5.75 Å². The van der Waals surface area contributed by atoms with Gasteiger partial charge in [-0.3, -0.25) is 0 Å². The highest BCUT2D eigenvalue weighted by Crippen LogP contribution is 2.34. The molecule has 2 nitrogen and oxygen atoms in total. The Balaban J connectivity index is 1.88. The predicted octanol–water partition coefficient (Wildman–Crippen LogP) is 4.43. The van der Waals surface area contributed by atoms with Gasteiger partial charge in [0.15, 0.2) is 0 Å². The Morgan fingerprint density at radius 3 is 2.57 bits per heavy atom. The van der Waals surface area contributed by atoms with Gasteiger partial charge >= 0.3 is 0 Å². The van der Waals surface area contributed by atoms with Gasteiger partial charge in [-0.15, -0.1) is 0 Å². The van der Waals surface area contributed by atoms with Crippen LogP contribution in [0.3, 0.4) is 0 Å². The second kappa shape index (κ2) is 8.43. The Bertz CT molecular complexity index is 401. The van der Waals surface area contributed by atoms with Crippen LogP contribution >= 0.6 is 0 Å². The molecule has 1 fully saturated rings. The molecule has 3 unspecified atom stereocenters. The highest BCUT2D eigenvalue weighted by atomic mass is 16.5. The molecule has 3 atom stereocenters. The van der Waals surface area contributed by atoms with Gasteiger partial charge in [0.25, 0.3) is 0 Å². The van der Waals surface area contributed by atoms with E-state index in [1.807, 2.05) is 0 Å². The number of hydrogen-bond donors (Lipinski definition) is 1. The summed E-state index contributed by atoms with van der Waals surface area (Å²) in [5.74, 6) is 2.75. The lowest BCUT2D eigenvalue weighted by Gasteiger charge is -2.25. The van der Waals surface area contributed by atoms with Gasteiger partial charge in [-0.25, -0.2) is 0 Å². The Labute approximate surface area is 130 Å². The number of rotatable bonds is 8. The fourth-order valence-electron chi connectivity index (χ4n) is 3.57. The highest BCUT2D eigenvalue weighted by molar-refractivity contribution is 5.27. The van der Waals surface area contributed by atoms with Gasteiger partial charge in [-0.05, 0) is 68.2 Å². The molecule has 0 bridgehead atoms. The summed E-state index contributed by atoms with van der Waals surface area (Å²) in [4.78, 5) is 0. The summed E-state index contributed by atoms with van der Waals surface area (Å²) in [7, 11) is 1.72. The maximum Gasteiger partial charge on any atom is 0.118 e. The molecule has 2 rings (SSSR count). The van der Waals surface area contributed by atoms with Crippen molar-refractivity contribution in [3.05, 3.63) is 29.8 Å². The van der Waals surface area contributed by atoms with Gasteiger partial charge in [-0.1, -0.05) is 32.4 Å². The predicted molar refractivity (Wildman–Crippen MR) is 89.9 cm³/mol. The Morgan fingerprint density at radius 2 is 2.00 bits per heavy atom. The molecule has 118 valence electrons. The first kappa shape index (κ1) is 16.4. The lowest BCUT2D eigenvalue weighted by atomic mass is 9.91. The highest BCUT2D eigenvalue weighted by Gasteiger charge is 2.28. The largest absolute Gasteiger partial charge is 0.497 e. The molecule has 1 aromatic rings. The molecule has 1 N–H and O–H groups in total. The van der Waals surface area contributed by atoms with Crippen LogP contribution in [-0.4, -0.2) is 19.7 Å². The van der Waals surface area contributed by atoms with Crippen LogP contribution in [-0.2, 0) is 6.42 Å². The summed E-state index contributed by atoms with van der Waals surface area (Å²) < 4.78 is 5.23. The quantitative estimate of drug-likeness (QED) is 0.764. The van der Waals surface area contributed by atoms with Gasteiger partial charge < -0.3 is 10.1 Å². The molecule has 1 aliphatic rings. The Morgan fingerprint density at radius 1 is 1.24 bits per heavy atom. The van der Waals surface area contributed by atoms with Crippen molar-refractivity contribution in [1.82, 2.24) is 5.32 Å². The van der Waals surface area contributed by atoms with Crippen molar-refractivity contribution in [3.63, 3.8) is 0 Å².